The van der Waals surface area contributed by atoms with Crippen LogP contribution in [-0.4, -0.2) is 12.6 Å². The molecule has 1 nitrogen and oxygen atoms in total. The van der Waals surface area contributed by atoms with Crippen LogP contribution in [0.15, 0.2) is 48.5 Å². The van der Waals surface area contributed by atoms with Crippen molar-refractivity contribution in [3.8, 4) is 0 Å². The van der Waals surface area contributed by atoms with Crippen LogP contribution in [0.1, 0.15) is 24.5 Å². The zero-order chi connectivity index (χ0) is 15.1. The molecule has 1 N–H and O–H groups in total. The Bertz CT molecular complexity index is 556. The fourth-order valence-electron chi connectivity index (χ4n) is 2.52. The molecule has 1 unspecified atom stereocenters. The summed E-state index contributed by atoms with van der Waals surface area (Å²) in [6.45, 7) is 2.98. The maximum atomic E-state index is 13.5. The fraction of sp³-hybridized carbons (Fsp3) is 0.333. The Balaban J connectivity index is 2.00. The first-order chi connectivity index (χ1) is 10.2. The monoisotopic (exact) mass is 305 g/mol. The van der Waals surface area contributed by atoms with Crippen LogP contribution in [0.4, 0.5) is 4.39 Å². The molecule has 0 aromatic heterocycles. The Hall–Kier alpha value is -1.38. The summed E-state index contributed by atoms with van der Waals surface area (Å²) in [5.74, 6) is -0.340. The summed E-state index contributed by atoms with van der Waals surface area (Å²) in [6.07, 6.45) is 2.76. The molecule has 0 aliphatic heterocycles. The van der Waals surface area contributed by atoms with Gasteiger partial charge < -0.3 is 5.32 Å². The SMILES string of the molecule is CCNC(CCc1ccccc1)Cc1cccc(F)c1Cl. The molecule has 2 aromatic rings. The largest absolute Gasteiger partial charge is 0.314 e. The molecule has 0 amide bonds. The molecule has 1 atom stereocenters. The van der Waals surface area contributed by atoms with E-state index in [1.807, 2.05) is 12.1 Å². The van der Waals surface area contributed by atoms with Crippen LogP contribution < -0.4 is 5.32 Å². The molecule has 0 spiro atoms. The van der Waals surface area contributed by atoms with Crippen molar-refractivity contribution >= 4 is 11.6 Å². The third-order valence-corrected chi connectivity index (χ3v) is 4.04. The first kappa shape index (κ1) is 16.0. The van der Waals surface area contributed by atoms with E-state index in [-0.39, 0.29) is 10.8 Å². The van der Waals surface area contributed by atoms with Gasteiger partial charge in [-0.2, -0.15) is 0 Å². The highest BCUT2D eigenvalue weighted by Gasteiger charge is 2.13. The molecule has 0 heterocycles. The van der Waals surface area contributed by atoms with Gasteiger partial charge in [0.1, 0.15) is 5.82 Å². The van der Waals surface area contributed by atoms with Crippen LogP contribution in [0.25, 0.3) is 0 Å². The number of hydrogen-bond donors (Lipinski definition) is 1. The predicted molar refractivity (Wildman–Crippen MR) is 87.3 cm³/mol. The summed E-state index contributed by atoms with van der Waals surface area (Å²) in [7, 11) is 0. The van der Waals surface area contributed by atoms with Crippen molar-refractivity contribution in [2.75, 3.05) is 6.54 Å². The molecule has 112 valence electrons. The van der Waals surface area contributed by atoms with Gasteiger partial charge in [-0.1, -0.05) is 61.0 Å². The van der Waals surface area contributed by atoms with E-state index in [2.05, 4.69) is 36.5 Å². The van der Waals surface area contributed by atoms with E-state index in [0.29, 0.717) is 6.04 Å². The highest BCUT2D eigenvalue weighted by atomic mass is 35.5. The van der Waals surface area contributed by atoms with Gasteiger partial charge in [-0.3, -0.25) is 0 Å². The second-order valence-corrected chi connectivity index (χ2v) is 5.57. The molecule has 0 saturated heterocycles. The zero-order valence-corrected chi connectivity index (χ0v) is 13.0. The summed E-state index contributed by atoms with van der Waals surface area (Å²) in [4.78, 5) is 0. The van der Waals surface area contributed by atoms with Crippen LogP contribution in [0.5, 0.6) is 0 Å². The smallest absolute Gasteiger partial charge is 0.142 e. The summed E-state index contributed by atoms with van der Waals surface area (Å²) >= 11 is 6.05. The number of halogens is 2. The lowest BCUT2D eigenvalue weighted by atomic mass is 9.99. The van der Waals surface area contributed by atoms with Crippen LogP contribution in [0.3, 0.4) is 0 Å². The number of benzene rings is 2. The van der Waals surface area contributed by atoms with Gasteiger partial charge in [-0.25, -0.2) is 4.39 Å². The fourth-order valence-corrected chi connectivity index (χ4v) is 2.73. The van der Waals surface area contributed by atoms with E-state index in [1.165, 1.54) is 11.6 Å². The van der Waals surface area contributed by atoms with Gasteiger partial charge in [0.15, 0.2) is 0 Å². The van der Waals surface area contributed by atoms with E-state index in [4.69, 9.17) is 11.6 Å². The molecule has 3 heteroatoms. The van der Waals surface area contributed by atoms with Gasteiger partial charge in [-0.05, 0) is 43.0 Å². The molecular formula is C18H21ClFN. The van der Waals surface area contributed by atoms with E-state index < -0.39 is 0 Å². The van der Waals surface area contributed by atoms with E-state index >= 15 is 0 Å². The summed E-state index contributed by atoms with van der Waals surface area (Å²) < 4.78 is 13.5. The van der Waals surface area contributed by atoms with E-state index in [9.17, 15) is 4.39 Å². The number of aryl methyl sites for hydroxylation is 1. The standard InChI is InChI=1S/C18H21ClFN/c1-2-21-16(12-11-14-7-4-3-5-8-14)13-15-9-6-10-17(20)18(15)19/h3-10,16,21H,2,11-13H2,1H3. The minimum atomic E-state index is -0.340. The average Bonchev–Trinajstić information content (AvgIpc) is 2.50. The van der Waals surface area contributed by atoms with Crippen molar-refractivity contribution < 1.29 is 4.39 Å². The predicted octanol–water partition coefficient (Wildman–Crippen LogP) is 4.63. The highest BCUT2D eigenvalue weighted by Crippen LogP contribution is 2.22. The summed E-state index contributed by atoms with van der Waals surface area (Å²) in [6, 6.07) is 15.7. The van der Waals surface area contributed by atoms with Crippen LogP contribution in [-0.2, 0) is 12.8 Å². The van der Waals surface area contributed by atoms with Gasteiger partial charge in [0, 0.05) is 6.04 Å². The maximum absolute atomic E-state index is 13.5. The van der Waals surface area contributed by atoms with Crippen LogP contribution in [0.2, 0.25) is 5.02 Å². The highest BCUT2D eigenvalue weighted by molar-refractivity contribution is 6.31. The third-order valence-electron chi connectivity index (χ3n) is 3.61. The van der Waals surface area contributed by atoms with Crippen molar-refractivity contribution in [3.63, 3.8) is 0 Å². The molecule has 0 bridgehead atoms. The number of rotatable bonds is 7. The second kappa shape index (κ2) is 8.16. The van der Waals surface area contributed by atoms with Crippen LogP contribution >= 0.6 is 11.6 Å². The quantitative estimate of drug-likeness (QED) is 0.786. The Labute approximate surface area is 131 Å². The van der Waals surface area contributed by atoms with Crippen molar-refractivity contribution in [2.24, 2.45) is 0 Å². The van der Waals surface area contributed by atoms with Gasteiger partial charge in [0.25, 0.3) is 0 Å². The van der Waals surface area contributed by atoms with Crippen molar-refractivity contribution in [1.82, 2.24) is 5.32 Å². The first-order valence-electron chi connectivity index (χ1n) is 7.41. The molecule has 2 aromatic carbocycles. The number of nitrogens with one attached hydrogen (secondary N) is 1. The van der Waals surface area contributed by atoms with Gasteiger partial charge in [-0.15, -0.1) is 0 Å². The van der Waals surface area contributed by atoms with Crippen LogP contribution in [0, 0.1) is 5.82 Å². The lowest BCUT2D eigenvalue weighted by Crippen LogP contribution is -2.31. The van der Waals surface area contributed by atoms with E-state index in [0.717, 1.165) is 31.4 Å². The minimum Gasteiger partial charge on any atom is -0.314 e. The summed E-state index contributed by atoms with van der Waals surface area (Å²) in [5, 5.41) is 3.72. The Kier molecular flexibility index (Phi) is 6.21. The molecule has 2 rings (SSSR count). The van der Waals surface area contributed by atoms with Crippen molar-refractivity contribution in [2.45, 2.75) is 32.2 Å². The minimum absolute atomic E-state index is 0.250. The van der Waals surface area contributed by atoms with Gasteiger partial charge in [0.2, 0.25) is 0 Å². The molecule has 0 aliphatic rings. The molecular weight excluding hydrogens is 285 g/mol. The Morgan fingerprint density at radius 3 is 2.57 bits per heavy atom. The normalized spacial score (nSPS) is 12.3. The van der Waals surface area contributed by atoms with Gasteiger partial charge in [0.05, 0.1) is 5.02 Å². The first-order valence-corrected chi connectivity index (χ1v) is 7.78. The maximum Gasteiger partial charge on any atom is 0.142 e. The number of hydrogen-bond acceptors (Lipinski definition) is 1. The molecule has 0 saturated carbocycles. The van der Waals surface area contributed by atoms with Crippen molar-refractivity contribution in [1.29, 1.82) is 0 Å². The lowest BCUT2D eigenvalue weighted by Gasteiger charge is -2.19. The average molecular weight is 306 g/mol. The zero-order valence-electron chi connectivity index (χ0n) is 12.3. The molecule has 0 aliphatic carbocycles. The Morgan fingerprint density at radius 1 is 1.10 bits per heavy atom. The van der Waals surface area contributed by atoms with Gasteiger partial charge >= 0.3 is 0 Å². The van der Waals surface area contributed by atoms with E-state index in [1.54, 1.807) is 6.07 Å². The molecule has 21 heavy (non-hydrogen) atoms. The second-order valence-electron chi connectivity index (χ2n) is 5.20. The third kappa shape index (κ3) is 4.83. The van der Waals surface area contributed by atoms with Crippen molar-refractivity contribution in [3.05, 3.63) is 70.5 Å². The molecule has 0 fully saturated rings. The molecule has 0 radical (unpaired) electrons. The Morgan fingerprint density at radius 2 is 1.86 bits per heavy atom. The lowest BCUT2D eigenvalue weighted by molar-refractivity contribution is 0.490. The summed E-state index contributed by atoms with van der Waals surface area (Å²) in [5.41, 5.74) is 2.20. The topological polar surface area (TPSA) is 12.0 Å². The number of likely N-dealkylation sites (N-methyl/N-ethyl adjacent to an activating group) is 1.